The van der Waals surface area contributed by atoms with Crippen molar-refractivity contribution in [3.8, 4) is 11.1 Å². The topological polar surface area (TPSA) is 39.1 Å². The van der Waals surface area contributed by atoms with Gasteiger partial charge in [-0.15, -0.1) is 0 Å². The molecule has 0 fully saturated rings. The Morgan fingerprint density at radius 3 is 2.23 bits per heavy atom. The number of benzene rings is 2. The zero-order valence-electron chi connectivity index (χ0n) is 17.7. The highest BCUT2D eigenvalue weighted by atomic mass is 19.2. The number of fused-ring (bicyclic) bond motifs is 1. The fourth-order valence-electron chi connectivity index (χ4n) is 4.04. The van der Waals surface area contributed by atoms with Crippen LogP contribution in [0.25, 0.3) is 21.9 Å². The third kappa shape index (κ3) is 4.20. The van der Waals surface area contributed by atoms with Gasteiger partial charge in [-0.2, -0.15) is 0 Å². The summed E-state index contributed by atoms with van der Waals surface area (Å²) in [6.07, 6.45) is 5.49. The molecule has 0 saturated carbocycles. The summed E-state index contributed by atoms with van der Waals surface area (Å²) in [5.74, 6) is -2.58. The Bertz CT molecular complexity index is 1120. The first-order chi connectivity index (χ1) is 14.4. The van der Waals surface area contributed by atoms with Gasteiger partial charge in [0.2, 0.25) is 0 Å². The second-order valence-corrected chi connectivity index (χ2v) is 7.89. The van der Waals surface area contributed by atoms with E-state index in [2.05, 4.69) is 6.92 Å². The molecule has 0 N–H and O–H groups in total. The summed E-state index contributed by atoms with van der Waals surface area (Å²) < 4.78 is 29.5. The fraction of sp³-hybridized carbons (Fsp3) is 0.360. The Hall–Kier alpha value is -2.82. The van der Waals surface area contributed by atoms with E-state index in [0.29, 0.717) is 23.1 Å². The van der Waals surface area contributed by atoms with Crippen molar-refractivity contribution in [2.75, 3.05) is 0 Å². The predicted molar refractivity (Wildman–Crippen MR) is 117 cm³/mol. The van der Waals surface area contributed by atoms with Crippen LogP contribution in [0.2, 0.25) is 0 Å². The maximum Gasteiger partial charge on any atom is 0.258 e. The van der Waals surface area contributed by atoms with Crippen LogP contribution in [0.15, 0.2) is 41.2 Å². The minimum Gasteiger partial charge on any atom is -0.314 e. The monoisotopic (exact) mass is 411 g/mol. The first-order valence-electron chi connectivity index (χ1n) is 10.4. The molecule has 0 spiro atoms. The standard InChI is InChI=1S/C25H27F2NO2/c1-4-5-6-7-8-18(15-29)24-23(17-11-9-16(2)10-12-17)19-13-21(26)22(27)14-20(19)25(30)28(24)3/h9-15,18H,4-8H2,1-3H3. The van der Waals surface area contributed by atoms with Crippen molar-refractivity contribution in [1.29, 1.82) is 0 Å². The van der Waals surface area contributed by atoms with E-state index in [1.165, 1.54) is 4.57 Å². The van der Waals surface area contributed by atoms with Crippen LogP contribution in [-0.2, 0) is 11.8 Å². The predicted octanol–water partition coefficient (Wildman–Crippen LogP) is 6.05. The zero-order valence-corrected chi connectivity index (χ0v) is 17.7. The van der Waals surface area contributed by atoms with Gasteiger partial charge in [-0.05, 0) is 36.4 Å². The van der Waals surface area contributed by atoms with Gasteiger partial charge in [-0.1, -0.05) is 62.4 Å². The molecule has 0 aliphatic heterocycles. The van der Waals surface area contributed by atoms with Crippen LogP contribution in [0.1, 0.15) is 56.2 Å². The number of hydrogen-bond donors (Lipinski definition) is 0. The molecule has 5 heteroatoms. The number of aromatic nitrogens is 1. The van der Waals surface area contributed by atoms with Gasteiger partial charge >= 0.3 is 0 Å². The molecule has 0 bridgehead atoms. The van der Waals surface area contributed by atoms with Crippen molar-refractivity contribution in [2.24, 2.45) is 7.05 Å². The molecule has 1 unspecified atom stereocenters. The lowest BCUT2D eigenvalue weighted by Gasteiger charge is -2.22. The maximum absolute atomic E-state index is 14.2. The van der Waals surface area contributed by atoms with E-state index in [0.717, 1.165) is 55.2 Å². The van der Waals surface area contributed by atoms with Crippen molar-refractivity contribution in [3.05, 3.63) is 69.6 Å². The van der Waals surface area contributed by atoms with Gasteiger partial charge in [0.25, 0.3) is 5.56 Å². The average molecular weight is 411 g/mol. The van der Waals surface area contributed by atoms with Crippen LogP contribution in [0.5, 0.6) is 0 Å². The van der Waals surface area contributed by atoms with Gasteiger partial charge < -0.3 is 9.36 Å². The van der Waals surface area contributed by atoms with Gasteiger partial charge in [0.1, 0.15) is 6.29 Å². The van der Waals surface area contributed by atoms with Crippen LogP contribution in [-0.4, -0.2) is 10.9 Å². The number of unbranched alkanes of at least 4 members (excludes halogenated alkanes) is 3. The smallest absolute Gasteiger partial charge is 0.258 e. The van der Waals surface area contributed by atoms with Crippen LogP contribution >= 0.6 is 0 Å². The summed E-state index contributed by atoms with van der Waals surface area (Å²) in [6, 6.07) is 9.64. The van der Waals surface area contributed by atoms with E-state index in [4.69, 9.17) is 0 Å². The highest BCUT2D eigenvalue weighted by Crippen LogP contribution is 2.36. The number of rotatable bonds is 8. The maximum atomic E-state index is 14.2. The zero-order chi connectivity index (χ0) is 21.8. The Kier molecular flexibility index (Phi) is 6.80. The molecule has 0 amide bonds. The molecule has 3 nitrogen and oxygen atoms in total. The molecule has 3 aromatic rings. The minimum absolute atomic E-state index is 0.103. The molecule has 0 radical (unpaired) electrons. The Morgan fingerprint density at radius 1 is 1.00 bits per heavy atom. The highest BCUT2D eigenvalue weighted by Gasteiger charge is 2.24. The lowest BCUT2D eigenvalue weighted by Crippen LogP contribution is -2.25. The summed E-state index contributed by atoms with van der Waals surface area (Å²) in [4.78, 5) is 25.1. The van der Waals surface area contributed by atoms with Gasteiger partial charge in [0.05, 0.1) is 11.3 Å². The Morgan fingerprint density at radius 2 is 1.63 bits per heavy atom. The number of carbonyl (C=O) groups is 1. The molecule has 30 heavy (non-hydrogen) atoms. The number of aryl methyl sites for hydroxylation is 1. The van der Waals surface area contributed by atoms with E-state index < -0.39 is 23.1 Å². The van der Waals surface area contributed by atoms with E-state index in [1.54, 1.807) is 7.05 Å². The normalized spacial score (nSPS) is 12.3. The first kappa shape index (κ1) is 21.9. The van der Waals surface area contributed by atoms with Gasteiger partial charge in [0.15, 0.2) is 11.6 Å². The second-order valence-electron chi connectivity index (χ2n) is 7.89. The molecule has 0 saturated heterocycles. The molecule has 3 rings (SSSR count). The van der Waals surface area contributed by atoms with Crippen molar-refractivity contribution in [3.63, 3.8) is 0 Å². The number of pyridine rings is 1. The molecular formula is C25H27F2NO2. The summed E-state index contributed by atoms with van der Waals surface area (Å²) in [7, 11) is 1.60. The molecule has 0 aliphatic rings. The largest absolute Gasteiger partial charge is 0.314 e. The van der Waals surface area contributed by atoms with Crippen LogP contribution in [0, 0.1) is 18.6 Å². The lowest BCUT2D eigenvalue weighted by atomic mass is 9.88. The van der Waals surface area contributed by atoms with Gasteiger partial charge in [-0.25, -0.2) is 8.78 Å². The first-order valence-corrected chi connectivity index (χ1v) is 10.4. The van der Waals surface area contributed by atoms with Crippen LogP contribution < -0.4 is 5.56 Å². The molecule has 0 aliphatic carbocycles. The summed E-state index contributed by atoms with van der Waals surface area (Å²) in [5.41, 5.74) is 2.54. The molecule has 158 valence electrons. The van der Waals surface area contributed by atoms with Crippen molar-refractivity contribution < 1.29 is 13.6 Å². The highest BCUT2D eigenvalue weighted by molar-refractivity contribution is 5.98. The molecule has 2 aromatic carbocycles. The SMILES string of the molecule is CCCCCCC(C=O)c1c(-c2ccc(C)cc2)c2cc(F)c(F)cc2c(=O)n1C. The van der Waals surface area contributed by atoms with Crippen LogP contribution in [0.3, 0.4) is 0 Å². The number of carbonyl (C=O) groups excluding carboxylic acids is 1. The van der Waals surface area contributed by atoms with Crippen LogP contribution in [0.4, 0.5) is 8.78 Å². The summed E-state index contributed by atoms with van der Waals surface area (Å²) in [5, 5.41) is 0.433. The van der Waals surface area contributed by atoms with Gasteiger partial charge in [0, 0.05) is 18.3 Å². The number of hydrogen-bond acceptors (Lipinski definition) is 2. The van der Waals surface area contributed by atoms with E-state index >= 15 is 0 Å². The van der Waals surface area contributed by atoms with E-state index in [-0.39, 0.29) is 5.39 Å². The average Bonchev–Trinajstić information content (AvgIpc) is 2.74. The Balaban J connectivity index is 2.31. The fourth-order valence-corrected chi connectivity index (χ4v) is 4.04. The number of nitrogens with zero attached hydrogens (tertiary/aromatic N) is 1. The number of aldehydes is 1. The van der Waals surface area contributed by atoms with Crippen molar-refractivity contribution >= 4 is 17.1 Å². The molecule has 1 atom stereocenters. The lowest BCUT2D eigenvalue weighted by molar-refractivity contribution is -0.109. The summed E-state index contributed by atoms with van der Waals surface area (Å²) >= 11 is 0. The number of halogens is 2. The quantitative estimate of drug-likeness (QED) is 0.335. The third-order valence-corrected chi connectivity index (χ3v) is 5.71. The second kappa shape index (κ2) is 9.33. The van der Waals surface area contributed by atoms with Crippen molar-refractivity contribution in [2.45, 2.75) is 51.9 Å². The van der Waals surface area contributed by atoms with Gasteiger partial charge in [-0.3, -0.25) is 4.79 Å². The third-order valence-electron chi connectivity index (χ3n) is 5.71. The van der Waals surface area contributed by atoms with E-state index in [1.807, 2.05) is 31.2 Å². The molecule has 1 aromatic heterocycles. The van der Waals surface area contributed by atoms with Crippen molar-refractivity contribution in [1.82, 2.24) is 4.57 Å². The van der Waals surface area contributed by atoms with E-state index in [9.17, 15) is 18.4 Å². The molecular weight excluding hydrogens is 384 g/mol. The summed E-state index contributed by atoms with van der Waals surface area (Å²) in [6.45, 7) is 4.08. The minimum atomic E-state index is -1.06. The Labute approximate surface area is 175 Å². The molecule has 1 heterocycles.